The Hall–Kier alpha value is -2.79. The van der Waals surface area contributed by atoms with E-state index in [4.69, 9.17) is 14.6 Å². The van der Waals surface area contributed by atoms with Crippen LogP contribution < -0.4 is 9.47 Å². The quantitative estimate of drug-likeness (QED) is 0.612. The lowest BCUT2D eigenvalue weighted by Crippen LogP contribution is -2.33. The molecule has 0 unspecified atom stereocenters. The van der Waals surface area contributed by atoms with Gasteiger partial charge in [-0.05, 0) is 36.6 Å². The van der Waals surface area contributed by atoms with E-state index in [0.717, 1.165) is 29.2 Å². The Morgan fingerprint density at radius 3 is 2.93 bits per heavy atom. The molecule has 0 saturated carbocycles. The van der Waals surface area contributed by atoms with Gasteiger partial charge in [0, 0.05) is 17.5 Å². The minimum atomic E-state index is -0.261. The minimum absolute atomic E-state index is 0.188. The van der Waals surface area contributed by atoms with Crippen molar-refractivity contribution >= 4 is 17.0 Å². The number of fused-ring (bicyclic) bond motifs is 3. The van der Waals surface area contributed by atoms with E-state index in [1.165, 1.54) is 10.4 Å². The summed E-state index contributed by atoms with van der Waals surface area (Å²) in [6, 6.07) is 20.8. The van der Waals surface area contributed by atoms with Gasteiger partial charge in [-0.25, -0.2) is 5.01 Å². The van der Waals surface area contributed by atoms with Crippen molar-refractivity contribution in [3.63, 3.8) is 0 Å². The van der Waals surface area contributed by atoms with Crippen LogP contribution in [0, 0.1) is 0 Å². The number of ether oxygens (including phenoxy) is 2. The molecule has 0 saturated heterocycles. The monoisotopic (exact) mass is 376 g/mol. The van der Waals surface area contributed by atoms with Crippen LogP contribution in [0.2, 0.25) is 0 Å². The fourth-order valence-electron chi connectivity index (χ4n) is 3.77. The van der Waals surface area contributed by atoms with Gasteiger partial charge < -0.3 is 9.47 Å². The first-order chi connectivity index (χ1) is 13.3. The third-order valence-electron chi connectivity index (χ3n) is 4.96. The SMILES string of the molecule is CCOc1cccc([C@@H]2Oc3ccccc3[C@@H]3CC(c4cccs4)=NN32)c1. The summed E-state index contributed by atoms with van der Waals surface area (Å²) in [6.07, 6.45) is 0.630. The number of para-hydroxylation sites is 1. The molecule has 0 amide bonds. The van der Waals surface area contributed by atoms with Crippen molar-refractivity contribution in [2.45, 2.75) is 25.6 Å². The molecule has 0 bridgehead atoms. The normalized spacial score (nSPS) is 20.5. The maximum absolute atomic E-state index is 6.40. The molecule has 3 heterocycles. The smallest absolute Gasteiger partial charge is 0.214 e. The molecular formula is C22H20N2O2S. The van der Waals surface area contributed by atoms with Crippen LogP contribution in [0.3, 0.4) is 0 Å². The first kappa shape index (κ1) is 16.4. The number of rotatable bonds is 4. The maximum Gasteiger partial charge on any atom is 0.214 e. The number of hydrazone groups is 1. The number of hydrogen-bond donors (Lipinski definition) is 0. The maximum atomic E-state index is 6.40. The van der Waals surface area contributed by atoms with Crippen LogP contribution >= 0.6 is 11.3 Å². The fourth-order valence-corrected chi connectivity index (χ4v) is 4.49. The average Bonchev–Trinajstić information content (AvgIpc) is 3.37. The van der Waals surface area contributed by atoms with Gasteiger partial charge in [0.15, 0.2) is 0 Å². The number of nitrogens with zero attached hydrogens (tertiary/aromatic N) is 2. The predicted molar refractivity (Wildman–Crippen MR) is 107 cm³/mol. The van der Waals surface area contributed by atoms with Crippen LogP contribution in [-0.4, -0.2) is 17.3 Å². The molecule has 2 aliphatic heterocycles. The summed E-state index contributed by atoms with van der Waals surface area (Å²) in [5, 5.41) is 9.19. The topological polar surface area (TPSA) is 34.1 Å². The molecule has 0 N–H and O–H groups in total. The van der Waals surface area contributed by atoms with E-state index >= 15 is 0 Å². The second-order valence-electron chi connectivity index (χ2n) is 6.64. The molecule has 136 valence electrons. The molecule has 2 atom stereocenters. The highest BCUT2D eigenvalue weighted by atomic mass is 32.1. The molecular weight excluding hydrogens is 356 g/mol. The Labute approximate surface area is 162 Å². The molecule has 3 aromatic rings. The van der Waals surface area contributed by atoms with Crippen molar-refractivity contribution in [3.8, 4) is 11.5 Å². The van der Waals surface area contributed by atoms with Gasteiger partial charge in [-0.3, -0.25) is 0 Å². The zero-order chi connectivity index (χ0) is 18.2. The van der Waals surface area contributed by atoms with Crippen molar-refractivity contribution in [1.82, 2.24) is 5.01 Å². The Morgan fingerprint density at radius 1 is 1.15 bits per heavy atom. The summed E-state index contributed by atoms with van der Waals surface area (Å²) in [5.41, 5.74) is 3.38. The lowest BCUT2D eigenvalue weighted by atomic mass is 9.98. The van der Waals surface area contributed by atoms with E-state index in [-0.39, 0.29) is 12.3 Å². The highest BCUT2D eigenvalue weighted by Gasteiger charge is 2.41. The Morgan fingerprint density at radius 2 is 2.07 bits per heavy atom. The predicted octanol–water partition coefficient (Wildman–Crippen LogP) is 5.39. The Balaban J connectivity index is 1.58. The summed E-state index contributed by atoms with van der Waals surface area (Å²) in [5.74, 6) is 1.80. The van der Waals surface area contributed by atoms with Gasteiger partial charge in [-0.15, -0.1) is 11.3 Å². The second-order valence-corrected chi connectivity index (χ2v) is 7.59. The molecule has 5 heteroatoms. The van der Waals surface area contributed by atoms with E-state index in [0.29, 0.717) is 6.61 Å². The van der Waals surface area contributed by atoms with E-state index < -0.39 is 0 Å². The van der Waals surface area contributed by atoms with Crippen molar-refractivity contribution < 1.29 is 9.47 Å². The zero-order valence-electron chi connectivity index (χ0n) is 15.0. The van der Waals surface area contributed by atoms with E-state index in [2.05, 4.69) is 52.9 Å². The number of hydrogen-bond acceptors (Lipinski definition) is 5. The van der Waals surface area contributed by atoms with Crippen LogP contribution in [0.15, 0.2) is 71.1 Å². The first-order valence-corrected chi connectivity index (χ1v) is 10.1. The third-order valence-corrected chi connectivity index (χ3v) is 5.88. The van der Waals surface area contributed by atoms with Crippen molar-refractivity contribution in [3.05, 3.63) is 82.0 Å². The second kappa shape index (κ2) is 6.74. The molecule has 27 heavy (non-hydrogen) atoms. The van der Waals surface area contributed by atoms with Gasteiger partial charge in [0.05, 0.1) is 23.2 Å². The zero-order valence-corrected chi connectivity index (χ0v) is 15.9. The molecule has 0 fully saturated rings. The van der Waals surface area contributed by atoms with Crippen LogP contribution in [0.4, 0.5) is 0 Å². The van der Waals surface area contributed by atoms with Crippen molar-refractivity contribution in [1.29, 1.82) is 0 Å². The Bertz CT molecular complexity index is 983. The van der Waals surface area contributed by atoms with Crippen molar-refractivity contribution in [2.75, 3.05) is 6.61 Å². The molecule has 0 spiro atoms. The molecule has 5 rings (SSSR count). The first-order valence-electron chi connectivity index (χ1n) is 9.21. The number of benzene rings is 2. The standard InChI is InChI=1S/C22H20N2O2S/c1-2-25-16-8-5-7-15(13-16)22-24-19(17-9-3-4-10-20(17)26-22)14-18(23-24)21-11-6-12-27-21/h3-13,19,22H,2,14H2,1H3/t19-,22-/m0/s1. The van der Waals surface area contributed by atoms with E-state index in [9.17, 15) is 0 Å². The summed E-state index contributed by atoms with van der Waals surface area (Å²) < 4.78 is 12.1. The molecule has 0 radical (unpaired) electrons. The van der Waals surface area contributed by atoms with Gasteiger partial charge in [0.25, 0.3) is 0 Å². The van der Waals surface area contributed by atoms with Gasteiger partial charge in [-0.2, -0.15) is 5.10 Å². The average molecular weight is 376 g/mol. The van der Waals surface area contributed by atoms with Crippen LogP contribution in [0.5, 0.6) is 11.5 Å². The van der Waals surface area contributed by atoms with E-state index in [1.807, 2.05) is 25.1 Å². The lowest BCUT2D eigenvalue weighted by Gasteiger charge is -2.38. The highest BCUT2D eigenvalue weighted by molar-refractivity contribution is 7.12. The van der Waals surface area contributed by atoms with Gasteiger partial charge in [0.1, 0.15) is 11.5 Å². The number of thiophene rings is 1. The third kappa shape index (κ3) is 2.88. The lowest BCUT2D eigenvalue weighted by molar-refractivity contribution is -0.0191. The van der Waals surface area contributed by atoms with Gasteiger partial charge >= 0.3 is 0 Å². The minimum Gasteiger partial charge on any atom is -0.494 e. The van der Waals surface area contributed by atoms with Gasteiger partial charge in [0.2, 0.25) is 6.23 Å². The van der Waals surface area contributed by atoms with Gasteiger partial charge in [-0.1, -0.05) is 36.4 Å². The summed E-state index contributed by atoms with van der Waals surface area (Å²) in [7, 11) is 0. The summed E-state index contributed by atoms with van der Waals surface area (Å²) in [6.45, 7) is 2.64. The summed E-state index contributed by atoms with van der Waals surface area (Å²) in [4.78, 5) is 1.23. The van der Waals surface area contributed by atoms with Crippen LogP contribution in [0.1, 0.15) is 41.6 Å². The van der Waals surface area contributed by atoms with E-state index in [1.54, 1.807) is 11.3 Å². The van der Waals surface area contributed by atoms with Crippen LogP contribution in [0.25, 0.3) is 0 Å². The fraction of sp³-hybridized carbons (Fsp3) is 0.227. The summed E-state index contributed by atoms with van der Waals surface area (Å²) >= 11 is 1.73. The molecule has 2 aliphatic rings. The molecule has 1 aromatic heterocycles. The molecule has 0 aliphatic carbocycles. The van der Waals surface area contributed by atoms with Crippen LogP contribution in [-0.2, 0) is 0 Å². The van der Waals surface area contributed by atoms with Crippen molar-refractivity contribution in [2.24, 2.45) is 5.10 Å². The highest BCUT2D eigenvalue weighted by Crippen LogP contribution is 2.47. The largest absolute Gasteiger partial charge is 0.494 e. The molecule has 2 aromatic carbocycles. The molecule has 4 nitrogen and oxygen atoms in total. The Kier molecular flexibility index (Phi) is 4.09.